The number of anilines is 1. The summed E-state index contributed by atoms with van der Waals surface area (Å²) in [7, 11) is 0. The molecule has 0 radical (unpaired) electrons. The molecule has 0 spiro atoms. The quantitative estimate of drug-likeness (QED) is 0.565. The van der Waals surface area contributed by atoms with Crippen LogP contribution in [0.3, 0.4) is 0 Å². The summed E-state index contributed by atoms with van der Waals surface area (Å²) in [6, 6.07) is 8.81. The Hall–Kier alpha value is -1.81. The van der Waals surface area contributed by atoms with E-state index >= 15 is 0 Å². The average Bonchev–Trinajstić information content (AvgIpc) is 2.19. The molecule has 4 heteroatoms. The number of carboxylic acid groups (broad SMARTS) is 1. The highest BCUT2D eigenvalue weighted by molar-refractivity contribution is 5.84. The van der Waals surface area contributed by atoms with Crippen LogP contribution >= 0.6 is 0 Å². The molecule has 0 aliphatic carbocycles. The molecule has 0 bridgehead atoms. The second kappa shape index (κ2) is 5.04. The number of benzene rings is 1. The van der Waals surface area contributed by atoms with Crippen LogP contribution in [-0.2, 0) is 0 Å². The molecule has 0 aliphatic rings. The Labute approximate surface area is 82.4 Å². The lowest BCUT2D eigenvalue weighted by molar-refractivity contribution is 0.199. The van der Waals surface area contributed by atoms with Crippen molar-refractivity contribution in [3.05, 3.63) is 43.0 Å². The van der Waals surface area contributed by atoms with E-state index in [-0.39, 0.29) is 0 Å². The molecule has 1 aromatic carbocycles. The van der Waals surface area contributed by atoms with Crippen LogP contribution in [0.5, 0.6) is 0 Å². The highest BCUT2D eigenvalue weighted by atomic mass is 16.4. The van der Waals surface area contributed by atoms with Crippen LogP contribution in [0.15, 0.2) is 43.0 Å². The van der Waals surface area contributed by atoms with E-state index in [0.717, 1.165) is 5.01 Å². The summed E-state index contributed by atoms with van der Waals surface area (Å²) in [5, 5.41) is 9.94. The fraction of sp³-hybridized carbons (Fsp3) is 0.100. The largest absolute Gasteiger partial charge is 0.464 e. The van der Waals surface area contributed by atoms with Gasteiger partial charge in [0.25, 0.3) is 0 Å². The average molecular weight is 192 g/mol. The summed E-state index contributed by atoms with van der Waals surface area (Å²) in [6.07, 6.45) is 0.553. The van der Waals surface area contributed by atoms with Gasteiger partial charge in [-0.05, 0) is 12.1 Å². The molecule has 1 aromatic rings. The van der Waals surface area contributed by atoms with Crippen molar-refractivity contribution in [2.24, 2.45) is 0 Å². The zero-order valence-electron chi connectivity index (χ0n) is 7.68. The SMILES string of the molecule is C=CCNN(C(=O)O)c1ccccc1. The molecule has 1 amide bonds. The van der Waals surface area contributed by atoms with Crippen LogP contribution in [0.2, 0.25) is 0 Å². The van der Waals surface area contributed by atoms with E-state index in [0.29, 0.717) is 12.2 Å². The Kier molecular flexibility index (Phi) is 3.69. The molecule has 0 saturated carbocycles. The number of carbonyl (C=O) groups is 1. The maximum atomic E-state index is 10.8. The summed E-state index contributed by atoms with van der Waals surface area (Å²) in [5.41, 5.74) is 3.29. The van der Waals surface area contributed by atoms with Crippen LogP contribution < -0.4 is 10.4 Å². The van der Waals surface area contributed by atoms with Gasteiger partial charge < -0.3 is 5.11 Å². The molecule has 0 unspecified atom stereocenters. The first-order valence-electron chi connectivity index (χ1n) is 4.18. The van der Waals surface area contributed by atoms with E-state index < -0.39 is 6.09 Å². The monoisotopic (exact) mass is 192 g/mol. The first-order valence-corrected chi connectivity index (χ1v) is 4.18. The molecular weight excluding hydrogens is 180 g/mol. The van der Waals surface area contributed by atoms with Crippen molar-refractivity contribution in [3.63, 3.8) is 0 Å². The topological polar surface area (TPSA) is 52.6 Å². The van der Waals surface area contributed by atoms with Crippen molar-refractivity contribution in [3.8, 4) is 0 Å². The molecule has 74 valence electrons. The Morgan fingerprint density at radius 3 is 2.64 bits per heavy atom. The fourth-order valence-corrected chi connectivity index (χ4v) is 1.00. The van der Waals surface area contributed by atoms with Gasteiger partial charge in [-0.1, -0.05) is 24.3 Å². The van der Waals surface area contributed by atoms with E-state index in [9.17, 15) is 4.79 Å². The summed E-state index contributed by atoms with van der Waals surface area (Å²) in [6.45, 7) is 3.91. The maximum absolute atomic E-state index is 10.8. The van der Waals surface area contributed by atoms with Crippen molar-refractivity contribution >= 4 is 11.8 Å². The van der Waals surface area contributed by atoms with Gasteiger partial charge in [0.05, 0.1) is 5.69 Å². The van der Waals surface area contributed by atoms with Gasteiger partial charge >= 0.3 is 6.09 Å². The van der Waals surface area contributed by atoms with Crippen molar-refractivity contribution in [2.75, 3.05) is 11.6 Å². The van der Waals surface area contributed by atoms with Crippen molar-refractivity contribution in [2.45, 2.75) is 0 Å². The van der Waals surface area contributed by atoms with Crippen LogP contribution in [-0.4, -0.2) is 17.7 Å². The highest BCUT2D eigenvalue weighted by Gasteiger charge is 2.11. The zero-order valence-corrected chi connectivity index (χ0v) is 7.68. The standard InChI is InChI=1S/C10H12N2O2/c1-2-8-11-12(10(13)14)9-6-4-3-5-7-9/h2-7,11H,1,8H2,(H,13,14). The number of hydrogen-bond donors (Lipinski definition) is 2. The second-order valence-electron chi connectivity index (χ2n) is 2.60. The Balaban J connectivity index is 2.78. The van der Waals surface area contributed by atoms with E-state index in [1.54, 1.807) is 30.3 Å². The molecule has 0 heterocycles. The van der Waals surface area contributed by atoms with Crippen LogP contribution in [0.25, 0.3) is 0 Å². The number of para-hydroxylation sites is 1. The fourth-order valence-electron chi connectivity index (χ4n) is 1.00. The van der Waals surface area contributed by atoms with Gasteiger partial charge in [0.2, 0.25) is 0 Å². The summed E-state index contributed by atoms with van der Waals surface area (Å²) < 4.78 is 0. The van der Waals surface area contributed by atoms with E-state index in [2.05, 4.69) is 12.0 Å². The third kappa shape index (κ3) is 2.60. The third-order valence-electron chi connectivity index (χ3n) is 1.60. The zero-order chi connectivity index (χ0) is 10.4. The van der Waals surface area contributed by atoms with Gasteiger partial charge in [0, 0.05) is 6.54 Å². The molecule has 0 aromatic heterocycles. The number of hydrazine groups is 1. The Morgan fingerprint density at radius 2 is 2.14 bits per heavy atom. The minimum atomic E-state index is -1.04. The van der Waals surface area contributed by atoms with Gasteiger partial charge in [-0.3, -0.25) is 0 Å². The molecule has 14 heavy (non-hydrogen) atoms. The van der Waals surface area contributed by atoms with Gasteiger partial charge in [-0.2, -0.15) is 0 Å². The lowest BCUT2D eigenvalue weighted by Gasteiger charge is -2.18. The number of nitrogens with one attached hydrogen (secondary N) is 1. The molecule has 0 saturated heterocycles. The van der Waals surface area contributed by atoms with E-state index in [1.807, 2.05) is 6.07 Å². The lowest BCUT2D eigenvalue weighted by atomic mass is 10.3. The van der Waals surface area contributed by atoms with Gasteiger partial charge in [-0.25, -0.2) is 15.2 Å². The molecular formula is C10H12N2O2. The molecule has 0 atom stereocenters. The molecule has 0 fully saturated rings. The second-order valence-corrected chi connectivity index (χ2v) is 2.60. The molecule has 1 rings (SSSR count). The normalized spacial score (nSPS) is 9.43. The van der Waals surface area contributed by atoms with Crippen molar-refractivity contribution in [1.82, 2.24) is 5.43 Å². The third-order valence-corrected chi connectivity index (χ3v) is 1.60. The number of hydrogen-bond acceptors (Lipinski definition) is 2. The van der Waals surface area contributed by atoms with Gasteiger partial charge in [0.15, 0.2) is 0 Å². The Bertz CT molecular complexity index is 311. The minimum Gasteiger partial charge on any atom is -0.464 e. The summed E-state index contributed by atoms with van der Waals surface area (Å²) in [5.74, 6) is 0. The molecule has 2 N–H and O–H groups in total. The van der Waals surface area contributed by atoms with Crippen molar-refractivity contribution in [1.29, 1.82) is 0 Å². The number of amides is 1. The smallest absolute Gasteiger partial charge is 0.426 e. The predicted octanol–water partition coefficient (Wildman–Crippen LogP) is 1.86. The molecule has 4 nitrogen and oxygen atoms in total. The van der Waals surface area contributed by atoms with Crippen LogP contribution in [0, 0.1) is 0 Å². The maximum Gasteiger partial charge on any atom is 0.426 e. The summed E-state index contributed by atoms with van der Waals surface area (Å²) in [4.78, 5) is 10.8. The van der Waals surface area contributed by atoms with Gasteiger partial charge in [-0.15, -0.1) is 6.58 Å². The van der Waals surface area contributed by atoms with Gasteiger partial charge in [0.1, 0.15) is 0 Å². The van der Waals surface area contributed by atoms with E-state index in [1.165, 1.54) is 0 Å². The first kappa shape index (κ1) is 10.3. The van der Waals surface area contributed by atoms with Crippen LogP contribution in [0.4, 0.5) is 10.5 Å². The number of rotatable bonds is 4. The molecule has 0 aliphatic heterocycles. The number of nitrogens with zero attached hydrogens (tertiary/aromatic N) is 1. The Morgan fingerprint density at radius 1 is 1.50 bits per heavy atom. The predicted molar refractivity (Wildman–Crippen MR) is 55.1 cm³/mol. The van der Waals surface area contributed by atoms with Crippen molar-refractivity contribution < 1.29 is 9.90 Å². The lowest BCUT2D eigenvalue weighted by Crippen LogP contribution is -2.42. The van der Waals surface area contributed by atoms with E-state index in [4.69, 9.17) is 5.11 Å². The minimum absolute atomic E-state index is 0.404. The van der Waals surface area contributed by atoms with Crippen LogP contribution in [0.1, 0.15) is 0 Å². The highest BCUT2D eigenvalue weighted by Crippen LogP contribution is 2.10. The first-order chi connectivity index (χ1) is 6.75. The summed E-state index contributed by atoms with van der Waals surface area (Å²) >= 11 is 0.